The van der Waals surface area contributed by atoms with Crippen molar-refractivity contribution in [2.24, 2.45) is 0 Å². The zero-order valence-corrected chi connectivity index (χ0v) is 31.3. The Morgan fingerprint density at radius 1 is 0.258 bits per heavy atom. The molecular formula is C38H20F12O16. The maximum atomic E-state index is 14.2. The van der Waals surface area contributed by atoms with E-state index in [1.807, 2.05) is 0 Å². The Balaban J connectivity index is 0.000000350. The van der Waals surface area contributed by atoms with E-state index in [0.29, 0.717) is 0 Å². The summed E-state index contributed by atoms with van der Waals surface area (Å²) in [5, 5.41) is 72.5. The standard InChI is InChI=1S/2C19H10F6O8/c2*20-18(21,22)17(19(23,24)25,7-1-3-9(13(26)27)11(5-7)15(30)31)8-2-4-10(14(28)29)12(6-8)16(32)33/h2*1-6H,(H,26,27)(H,28,29)(H,30,31)(H,32,33). The third-order valence-electron chi connectivity index (χ3n) is 9.35. The second kappa shape index (κ2) is 17.8. The van der Waals surface area contributed by atoms with E-state index in [4.69, 9.17) is 40.9 Å². The molecule has 0 saturated heterocycles. The molecule has 0 fully saturated rings. The Hall–Kier alpha value is -8.20. The highest BCUT2D eigenvalue weighted by atomic mass is 19.4. The summed E-state index contributed by atoms with van der Waals surface area (Å²) in [6.07, 6.45) is -25.1. The smallest absolute Gasteiger partial charge is 0.411 e. The van der Waals surface area contributed by atoms with Crippen LogP contribution in [0.15, 0.2) is 72.8 Å². The number of hydrogen-bond acceptors (Lipinski definition) is 8. The van der Waals surface area contributed by atoms with Gasteiger partial charge in [0.1, 0.15) is 0 Å². The SMILES string of the molecule is O=C(O)c1ccc(C(c2ccc(C(=O)O)c(C(=O)O)c2)(C(F)(F)F)C(F)(F)F)cc1C(=O)O.O=C(O)c1ccc(C(c2ccc(C(=O)O)c(C(=O)O)c2)(C(F)(F)F)C(F)(F)F)cc1C(=O)O. The molecule has 4 aromatic carbocycles. The van der Waals surface area contributed by atoms with E-state index in [0.717, 1.165) is 0 Å². The van der Waals surface area contributed by atoms with Crippen LogP contribution in [0.1, 0.15) is 105 Å². The fourth-order valence-electron chi connectivity index (χ4n) is 6.53. The molecule has 0 heterocycles. The average Bonchev–Trinajstić information content (AvgIpc) is 3.15. The second-order valence-corrected chi connectivity index (χ2v) is 13.0. The normalized spacial score (nSPS) is 12.3. The lowest BCUT2D eigenvalue weighted by Crippen LogP contribution is -2.55. The third kappa shape index (κ3) is 9.09. The van der Waals surface area contributed by atoms with E-state index in [1.54, 1.807) is 0 Å². The Kier molecular flexibility index (Phi) is 14.0. The summed E-state index contributed by atoms with van der Waals surface area (Å²) in [5.41, 5.74) is -27.1. The van der Waals surface area contributed by atoms with Gasteiger partial charge < -0.3 is 40.9 Å². The average molecular weight is 961 g/mol. The number of hydrogen-bond donors (Lipinski definition) is 8. The van der Waals surface area contributed by atoms with Crippen molar-refractivity contribution < 1.29 is 132 Å². The van der Waals surface area contributed by atoms with Gasteiger partial charge in [0.15, 0.2) is 0 Å². The summed E-state index contributed by atoms with van der Waals surface area (Å²) < 4.78 is 170. The highest BCUT2D eigenvalue weighted by Crippen LogP contribution is 2.58. The number of rotatable bonds is 12. The van der Waals surface area contributed by atoms with Gasteiger partial charge in [-0.2, -0.15) is 52.7 Å². The summed E-state index contributed by atoms with van der Waals surface area (Å²) >= 11 is 0. The molecule has 4 aromatic rings. The van der Waals surface area contributed by atoms with E-state index in [2.05, 4.69) is 0 Å². The van der Waals surface area contributed by atoms with Crippen LogP contribution in [0.25, 0.3) is 0 Å². The minimum atomic E-state index is -6.27. The number of carbonyl (C=O) groups is 8. The summed E-state index contributed by atoms with van der Waals surface area (Å²) in [7, 11) is 0. The Bertz CT molecular complexity index is 2330. The number of carboxylic acids is 8. The molecule has 66 heavy (non-hydrogen) atoms. The highest BCUT2D eigenvalue weighted by molar-refractivity contribution is 6.04. The first kappa shape index (κ1) is 52.1. The quantitative estimate of drug-likeness (QED) is 0.0629. The molecule has 0 atom stereocenters. The molecule has 0 bridgehead atoms. The maximum absolute atomic E-state index is 14.2. The lowest BCUT2D eigenvalue weighted by molar-refractivity contribution is -0.290. The number of halogens is 12. The van der Waals surface area contributed by atoms with Gasteiger partial charge >= 0.3 is 72.5 Å². The Morgan fingerprint density at radius 2 is 0.394 bits per heavy atom. The lowest BCUT2D eigenvalue weighted by Gasteiger charge is -2.38. The van der Waals surface area contributed by atoms with Gasteiger partial charge in [-0.1, -0.05) is 24.3 Å². The highest BCUT2D eigenvalue weighted by Gasteiger charge is 2.74. The van der Waals surface area contributed by atoms with Crippen LogP contribution in [0.5, 0.6) is 0 Å². The van der Waals surface area contributed by atoms with Gasteiger partial charge in [0.2, 0.25) is 10.8 Å². The number of alkyl halides is 12. The van der Waals surface area contributed by atoms with Crippen molar-refractivity contribution in [3.8, 4) is 0 Å². The molecule has 0 aliphatic heterocycles. The molecule has 0 amide bonds. The van der Waals surface area contributed by atoms with Gasteiger partial charge in [0.25, 0.3) is 0 Å². The van der Waals surface area contributed by atoms with Gasteiger partial charge in [-0.05, 0) is 70.8 Å². The lowest BCUT2D eigenvalue weighted by atomic mass is 9.71. The number of benzene rings is 4. The molecule has 0 aliphatic carbocycles. The molecule has 0 unspecified atom stereocenters. The molecule has 0 saturated carbocycles. The predicted molar refractivity (Wildman–Crippen MR) is 187 cm³/mol. The molecule has 0 radical (unpaired) electrons. The molecular weight excluding hydrogens is 940 g/mol. The summed E-state index contributed by atoms with van der Waals surface area (Å²) in [5.74, 6) is -16.3. The summed E-state index contributed by atoms with van der Waals surface area (Å²) in [6.45, 7) is 0. The van der Waals surface area contributed by atoms with Crippen LogP contribution < -0.4 is 0 Å². The second-order valence-electron chi connectivity index (χ2n) is 13.0. The number of aromatic carboxylic acids is 8. The van der Waals surface area contributed by atoms with Crippen molar-refractivity contribution in [1.82, 2.24) is 0 Å². The fraction of sp³-hybridized carbons (Fsp3) is 0.158. The van der Waals surface area contributed by atoms with Crippen molar-refractivity contribution >= 4 is 47.8 Å². The van der Waals surface area contributed by atoms with Crippen LogP contribution in [0.2, 0.25) is 0 Å². The zero-order valence-electron chi connectivity index (χ0n) is 31.3. The van der Waals surface area contributed by atoms with Crippen LogP contribution in [0.3, 0.4) is 0 Å². The molecule has 0 spiro atoms. The van der Waals surface area contributed by atoms with Gasteiger partial charge in [0.05, 0.1) is 44.5 Å². The minimum absolute atomic E-state index is 0.0996. The summed E-state index contributed by atoms with van der Waals surface area (Å²) in [6, 6.07) is 0.825. The fourth-order valence-corrected chi connectivity index (χ4v) is 6.53. The van der Waals surface area contributed by atoms with Crippen molar-refractivity contribution in [2.45, 2.75) is 35.5 Å². The zero-order chi connectivity index (χ0) is 51.0. The molecule has 8 N–H and O–H groups in total. The predicted octanol–water partition coefficient (Wildman–Crippen LogP) is 7.78. The van der Waals surface area contributed by atoms with Gasteiger partial charge in [-0.25, -0.2) is 38.4 Å². The molecule has 0 aliphatic rings. The first-order chi connectivity index (χ1) is 29.9. The maximum Gasteiger partial charge on any atom is 0.411 e. The Labute approximate surface area is 354 Å². The van der Waals surface area contributed by atoms with E-state index in [-0.39, 0.29) is 72.8 Å². The van der Waals surface area contributed by atoms with Gasteiger partial charge in [0, 0.05) is 0 Å². The van der Waals surface area contributed by atoms with Crippen molar-refractivity contribution in [3.63, 3.8) is 0 Å². The van der Waals surface area contributed by atoms with Crippen molar-refractivity contribution in [2.75, 3.05) is 0 Å². The van der Waals surface area contributed by atoms with E-state index in [1.165, 1.54) is 0 Å². The number of carboxylic acid groups (broad SMARTS) is 8. The van der Waals surface area contributed by atoms with E-state index >= 15 is 0 Å². The molecule has 16 nitrogen and oxygen atoms in total. The van der Waals surface area contributed by atoms with Crippen LogP contribution in [0.4, 0.5) is 52.7 Å². The van der Waals surface area contributed by atoms with Crippen LogP contribution in [-0.4, -0.2) is 113 Å². The Morgan fingerprint density at radius 3 is 0.500 bits per heavy atom. The van der Waals surface area contributed by atoms with Crippen LogP contribution in [0, 0.1) is 0 Å². The van der Waals surface area contributed by atoms with E-state index < -0.39 is 150 Å². The van der Waals surface area contributed by atoms with Gasteiger partial charge in [-0.3, -0.25) is 0 Å². The molecule has 352 valence electrons. The molecule has 4 rings (SSSR count). The largest absolute Gasteiger partial charge is 0.478 e. The minimum Gasteiger partial charge on any atom is -0.478 e. The van der Waals surface area contributed by atoms with Crippen LogP contribution >= 0.6 is 0 Å². The molecule has 28 heteroatoms. The third-order valence-corrected chi connectivity index (χ3v) is 9.35. The van der Waals surface area contributed by atoms with Crippen molar-refractivity contribution in [3.05, 3.63) is 140 Å². The monoisotopic (exact) mass is 960 g/mol. The molecule has 0 aromatic heterocycles. The first-order valence-electron chi connectivity index (χ1n) is 16.6. The van der Waals surface area contributed by atoms with Crippen molar-refractivity contribution in [1.29, 1.82) is 0 Å². The van der Waals surface area contributed by atoms with Crippen LogP contribution in [-0.2, 0) is 10.8 Å². The van der Waals surface area contributed by atoms with E-state index in [9.17, 15) is 91.0 Å². The first-order valence-corrected chi connectivity index (χ1v) is 16.6. The topological polar surface area (TPSA) is 298 Å². The van der Waals surface area contributed by atoms with Gasteiger partial charge in [-0.15, -0.1) is 0 Å². The summed E-state index contributed by atoms with van der Waals surface area (Å²) in [4.78, 5) is 89.9.